The van der Waals surface area contributed by atoms with Crippen LogP contribution in [0, 0.1) is 0 Å². The third kappa shape index (κ3) is 4.09. The molecule has 0 aromatic heterocycles. The third-order valence-corrected chi connectivity index (χ3v) is 1.17. The first kappa shape index (κ1) is 8.56. The molecule has 0 aliphatic heterocycles. The summed E-state index contributed by atoms with van der Waals surface area (Å²) in [5.41, 5.74) is 6.74. The van der Waals surface area contributed by atoms with Crippen LogP contribution in [0.15, 0.2) is 11.8 Å². The molecular formula is C6H15BN2. The molecule has 0 fully saturated rings. The summed E-state index contributed by atoms with van der Waals surface area (Å²) >= 11 is 0. The summed E-state index contributed by atoms with van der Waals surface area (Å²) in [5.74, 6) is 0.160. The summed E-state index contributed by atoms with van der Waals surface area (Å²) in [6, 6.07) is 0. The maximum Gasteiger partial charge on any atom is 0.128 e. The summed E-state index contributed by atoms with van der Waals surface area (Å²) in [7, 11) is 3.88. The van der Waals surface area contributed by atoms with Gasteiger partial charge < -0.3 is 11.1 Å². The molecule has 1 unspecified atom stereocenters. The lowest BCUT2D eigenvalue weighted by Crippen LogP contribution is -2.19. The Balaban J connectivity index is 3.75. The zero-order valence-corrected chi connectivity index (χ0v) is 6.44. The van der Waals surface area contributed by atoms with E-state index in [0.29, 0.717) is 0 Å². The summed E-state index contributed by atoms with van der Waals surface area (Å²) in [5, 5.41) is 3.06. The van der Waals surface area contributed by atoms with Gasteiger partial charge in [0.2, 0.25) is 0 Å². The van der Waals surface area contributed by atoms with Gasteiger partial charge in [-0.3, -0.25) is 0 Å². The molecule has 1 atom stereocenters. The topological polar surface area (TPSA) is 38.0 Å². The van der Waals surface area contributed by atoms with Crippen LogP contribution in [0.1, 0.15) is 13.3 Å². The highest BCUT2D eigenvalue weighted by atomic mass is 14.8. The van der Waals surface area contributed by atoms with E-state index in [1.165, 1.54) is 5.70 Å². The molecule has 0 aromatic rings. The maximum absolute atomic E-state index is 5.53. The molecule has 3 heteroatoms. The van der Waals surface area contributed by atoms with Gasteiger partial charge in [-0.25, -0.2) is 0 Å². The van der Waals surface area contributed by atoms with Crippen molar-refractivity contribution in [1.82, 2.24) is 5.32 Å². The van der Waals surface area contributed by atoms with E-state index >= 15 is 0 Å². The monoisotopic (exact) mass is 126 g/mol. The SMILES string of the molecule is BC(N)/C=C(/CC)NC. The van der Waals surface area contributed by atoms with Crippen LogP contribution < -0.4 is 11.1 Å². The molecule has 0 saturated carbocycles. The van der Waals surface area contributed by atoms with Crippen LogP contribution in [0.5, 0.6) is 0 Å². The lowest BCUT2D eigenvalue weighted by atomic mass is 9.96. The third-order valence-electron chi connectivity index (χ3n) is 1.17. The first-order valence-electron chi connectivity index (χ1n) is 3.34. The van der Waals surface area contributed by atoms with Crippen molar-refractivity contribution in [3.05, 3.63) is 11.8 Å². The van der Waals surface area contributed by atoms with E-state index in [0.717, 1.165) is 6.42 Å². The summed E-state index contributed by atoms with van der Waals surface area (Å²) < 4.78 is 0. The molecule has 52 valence electrons. The fraction of sp³-hybridized carbons (Fsp3) is 0.667. The minimum atomic E-state index is 0.160. The minimum absolute atomic E-state index is 0.160. The van der Waals surface area contributed by atoms with Crippen molar-refractivity contribution in [2.45, 2.75) is 19.3 Å². The zero-order valence-electron chi connectivity index (χ0n) is 6.44. The molecule has 3 N–H and O–H groups in total. The zero-order chi connectivity index (χ0) is 7.28. The van der Waals surface area contributed by atoms with Gasteiger partial charge in [-0.15, -0.1) is 0 Å². The number of nitrogens with two attached hydrogens (primary N) is 1. The highest BCUT2D eigenvalue weighted by Gasteiger charge is 1.90. The van der Waals surface area contributed by atoms with E-state index in [1.807, 2.05) is 21.0 Å². The molecule has 0 aromatic carbocycles. The second-order valence-electron chi connectivity index (χ2n) is 2.15. The fourth-order valence-electron chi connectivity index (χ4n) is 0.695. The van der Waals surface area contributed by atoms with E-state index in [1.54, 1.807) is 0 Å². The molecule has 0 radical (unpaired) electrons. The van der Waals surface area contributed by atoms with Crippen molar-refractivity contribution >= 4 is 7.85 Å². The molecule has 9 heavy (non-hydrogen) atoms. The maximum atomic E-state index is 5.53. The standard InChI is InChI=1S/C6H15BN2/c1-3-5(9-2)4-6(7)8/h4,6,9H,3,7-8H2,1-2H3/b5-4-. The normalized spacial score (nSPS) is 15.2. The van der Waals surface area contributed by atoms with Crippen LogP contribution in [0.2, 0.25) is 0 Å². The predicted molar refractivity (Wildman–Crippen MR) is 44.0 cm³/mol. The van der Waals surface area contributed by atoms with E-state index in [-0.39, 0.29) is 5.94 Å². The molecule has 0 rings (SSSR count). The van der Waals surface area contributed by atoms with Gasteiger partial charge in [-0.1, -0.05) is 13.0 Å². The smallest absolute Gasteiger partial charge is 0.128 e. The van der Waals surface area contributed by atoms with Gasteiger partial charge in [-0.05, 0) is 12.4 Å². The second kappa shape index (κ2) is 4.44. The van der Waals surface area contributed by atoms with Crippen molar-refractivity contribution in [1.29, 1.82) is 0 Å². The Morgan fingerprint density at radius 2 is 2.44 bits per heavy atom. The van der Waals surface area contributed by atoms with Crippen LogP contribution in [0.4, 0.5) is 0 Å². The van der Waals surface area contributed by atoms with E-state index in [4.69, 9.17) is 5.73 Å². The molecule has 0 saturated heterocycles. The van der Waals surface area contributed by atoms with Crippen LogP contribution in [-0.2, 0) is 0 Å². The first-order valence-corrected chi connectivity index (χ1v) is 3.34. The molecule has 0 aliphatic rings. The second-order valence-corrected chi connectivity index (χ2v) is 2.15. The van der Waals surface area contributed by atoms with Crippen LogP contribution in [0.25, 0.3) is 0 Å². The van der Waals surface area contributed by atoms with Gasteiger partial charge in [0.25, 0.3) is 0 Å². The quantitative estimate of drug-likeness (QED) is 0.496. The lowest BCUT2D eigenvalue weighted by Gasteiger charge is -2.04. The highest BCUT2D eigenvalue weighted by Crippen LogP contribution is 1.93. The van der Waals surface area contributed by atoms with Crippen LogP contribution in [-0.4, -0.2) is 20.8 Å². The molecule has 0 bridgehead atoms. The lowest BCUT2D eigenvalue weighted by molar-refractivity contribution is 0.881. The largest absolute Gasteiger partial charge is 0.392 e. The van der Waals surface area contributed by atoms with Crippen molar-refractivity contribution in [3.63, 3.8) is 0 Å². The molecular weight excluding hydrogens is 111 g/mol. The van der Waals surface area contributed by atoms with Crippen molar-refractivity contribution in [3.8, 4) is 0 Å². The molecule has 0 amide bonds. The Morgan fingerprint density at radius 1 is 1.89 bits per heavy atom. The van der Waals surface area contributed by atoms with Gasteiger partial charge in [0.05, 0.1) is 0 Å². The van der Waals surface area contributed by atoms with Crippen molar-refractivity contribution in [2.75, 3.05) is 7.05 Å². The van der Waals surface area contributed by atoms with Gasteiger partial charge in [-0.2, -0.15) is 0 Å². The Kier molecular flexibility index (Phi) is 4.23. The molecule has 0 aliphatic carbocycles. The number of rotatable bonds is 3. The Hall–Kier alpha value is -0.435. The summed E-state index contributed by atoms with van der Waals surface area (Å²) in [6.45, 7) is 2.10. The van der Waals surface area contributed by atoms with Crippen molar-refractivity contribution < 1.29 is 0 Å². The van der Waals surface area contributed by atoms with Gasteiger partial charge >= 0.3 is 0 Å². The first-order chi connectivity index (χ1) is 4.20. The number of nitrogens with one attached hydrogen (secondary N) is 1. The Morgan fingerprint density at radius 3 is 2.56 bits per heavy atom. The van der Waals surface area contributed by atoms with Gasteiger partial charge in [0.15, 0.2) is 0 Å². The Bertz CT molecular complexity index is 93.2. The average molecular weight is 126 g/mol. The number of hydrogen-bond acceptors (Lipinski definition) is 2. The van der Waals surface area contributed by atoms with Crippen molar-refractivity contribution in [2.24, 2.45) is 5.73 Å². The Labute approximate surface area is 57.9 Å². The molecule has 0 spiro atoms. The highest BCUT2D eigenvalue weighted by molar-refractivity contribution is 6.12. The minimum Gasteiger partial charge on any atom is -0.392 e. The number of allylic oxidation sites excluding steroid dienone is 1. The molecule has 0 heterocycles. The van der Waals surface area contributed by atoms with Crippen LogP contribution >= 0.6 is 0 Å². The predicted octanol–water partition coefficient (Wildman–Crippen LogP) is -0.582. The molecule has 2 nitrogen and oxygen atoms in total. The average Bonchev–Trinajstić information content (AvgIpc) is 1.82. The van der Waals surface area contributed by atoms with Gasteiger partial charge in [0.1, 0.15) is 7.85 Å². The van der Waals surface area contributed by atoms with E-state index in [2.05, 4.69) is 12.2 Å². The number of hydrogen-bond donors (Lipinski definition) is 2. The van der Waals surface area contributed by atoms with E-state index in [9.17, 15) is 0 Å². The summed E-state index contributed by atoms with van der Waals surface area (Å²) in [4.78, 5) is 0. The van der Waals surface area contributed by atoms with Gasteiger partial charge in [0, 0.05) is 12.7 Å². The van der Waals surface area contributed by atoms with E-state index < -0.39 is 0 Å². The fourth-order valence-corrected chi connectivity index (χ4v) is 0.695. The van der Waals surface area contributed by atoms with Crippen LogP contribution in [0.3, 0.4) is 0 Å². The summed E-state index contributed by atoms with van der Waals surface area (Å²) in [6.07, 6.45) is 3.05.